The highest BCUT2D eigenvalue weighted by Gasteiger charge is 2.46. The van der Waals surface area contributed by atoms with Crippen LogP contribution in [0.2, 0.25) is 0 Å². The molecule has 2 aliphatic heterocycles. The predicted molar refractivity (Wildman–Crippen MR) is 80.2 cm³/mol. The van der Waals surface area contributed by atoms with Crippen molar-refractivity contribution in [2.75, 3.05) is 19.3 Å². The minimum absolute atomic E-state index is 0.109. The van der Waals surface area contributed by atoms with Crippen LogP contribution in [-0.4, -0.2) is 44.2 Å². The molecule has 0 aromatic heterocycles. The summed E-state index contributed by atoms with van der Waals surface area (Å²) in [5.41, 5.74) is 1.24. The van der Waals surface area contributed by atoms with Crippen LogP contribution in [0.5, 0.6) is 0 Å². The molecule has 0 amide bonds. The largest absolute Gasteiger partial charge is 0.312 e. The van der Waals surface area contributed by atoms with E-state index in [0.29, 0.717) is 6.54 Å². The molecule has 0 unspecified atom stereocenters. The molecule has 0 spiro atoms. The first-order valence-corrected chi connectivity index (χ1v) is 9.17. The lowest BCUT2D eigenvalue weighted by molar-refractivity contribution is 0.345. The van der Waals surface area contributed by atoms with Crippen LogP contribution in [0, 0.1) is 0 Å². The minimum Gasteiger partial charge on any atom is -0.312 e. The van der Waals surface area contributed by atoms with Crippen molar-refractivity contribution < 1.29 is 8.42 Å². The van der Waals surface area contributed by atoms with Crippen molar-refractivity contribution in [1.82, 2.24) is 9.62 Å². The van der Waals surface area contributed by atoms with Gasteiger partial charge in [-0.3, -0.25) is 0 Å². The van der Waals surface area contributed by atoms with E-state index in [0.717, 1.165) is 25.8 Å². The van der Waals surface area contributed by atoms with Gasteiger partial charge in [-0.05, 0) is 24.9 Å². The molecular weight excluding hydrogens is 272 g/mol. The van der Waals surface area contributed by atoms with Gasteiger partial charge >= 0.3 is 0 Å². The Hall–Kier alpha value is -0.910. The van der Waals surface area contributed by atoms with Gasteiger partial charge in [0.2, 0.25) is 10.0 Å². The number of rotatable bonds is 2. The second-order valence-corrected chi connectivity index (χ2v) is 7.83. The van der Waals surface area contributed by atoms with Gasteiger partial charge < -0.3 is 5.32 Å². The van der Waals surface area contributed by atoms with Crippen LogP contribution in [-0.2, 0) is 10.0 Å². The predicted octanol–water partition coefficient (Wildman–Crippen LogP) is 1.56. The van der Waals surface area contributed by atoms with E-state index in [-0.39, 0.29) is 18.0 Å². The number of nitrogens with one attached hydrogen (secondary N) is 1. The van der Waals surface area contributed by atoms with Crippen LogP contribution in [0.4, 0.5) is 0 Å². The quantitative estimate of drug-likeness (QED) is 0.900. The molecule has 5 heteroatoms. The molecule has 2 aliphatic rings. The zero-order valence-electron chi connectivity index (χ0n) is 11.8. The molecule has 1 N–H and O–H groups in total. The lowest BCUT2D eigenvalue weighted by Crippen LogP contribution is -2.44. The summed E-state index contributed by atoms with van der Waals surface area (Å²) in [5, 5.41) is 3.59. The van der Waals surface area contributed by atoms with Gasteiger partial charge in [-0.15, -0.1) is 0 Å². The second kappa shape index (κ2) is 5.47. The molecule has 4 nitrogen and oxygen atoms in total. The minimum atomic E-state index is -3.14. The molecule has 0 saturated carbocycles. The van der Waals surface area contributed by atoms with E-state index in [4.69, 9.17) is 0 Å². The van der Waals surface area contributed by atoms with Crippen molar-refractivity contribution in [3.05, 3.63) is 35.9 Å². The van der Waals surface area contributed by atoms with E-state index < -0.39 is 10.0 Å². The first kappa shape index (κ1) is 14.0. The highest BCUT2D eigenvalue weighted by molar-refractivity contribution is 7.88. The first-order valence-electron chi connectivity index (χ1n) is 7.32. The van der Waals surface area contributed by atoms with Gasteiger partial charge in [-0.25, -0.2) is 8.42 Å². The highest BCUT2D eigenvalue weighted by Crippen LogP contribution is 2.36. The molecule has 110 valence electrons. The van der Waals surface area contributed by atoms with Crippen LogP contribution in [0.15, 0.2) is 30.3 Å². The van der Waals surface area contributed by atoms with E-state index in [1.807, 2.05) is 18.2 Å². The summed E-state index contributed by atoms with van der Waals surface area (Å²) in [6, 6.07) is 10.6. The molecule has 3 rings (SSSR count). The maximum absolute atomic E-state index is 12.1. The summed E-state index contributed by atoms with van der Waals surface area (Å²) >= 11 is 0. The summed E-state index contributed by atoms with van der Waals surface area (Å²) in [6.07, 6.45) is 4.53. The van der Waals surface area contributed by atoms with Crippen molar-refractivity contribution in [3.63, 3.8) is 0 Å². The average Bonchev–Trinajstić information content (AvgIpc) is 2.63. The molecule has 0 aliphatic carbocycles. The third-order valence-corrected chi connectivity index (χ3v) is 5.83. The van der Waals surface area contributed by atoms with Crippen LogP contribution in [0.25, 0.3) is 0 Å². The van der Waals surface area contributed by atoms with Gasteiger partial charge in [-0.2, -0.15) is 4.31 Å². The number of fused-ring (bicyclic) bond motifs is 1. The summed E-state index contributed by atoms with van der Waals surface area (Å²) in [7, 11) is -3.14. The zero-order valence-corrected chi connectivity index (χ0v) is 12.6. The standard InChI is InChI=1S/C15H22N2O2S/c1-20(18,19)17-11-13(12-7-3-2-4-8-12)15-14(17)9-5-6-10-16-15/h2-4,7-8,13-16H,5-6,9-11H2,1H3/t13-,14-,15-/m0/s1. The van der Waals surface area contributed by atoms with E-state index in [1.165, 1.54) is 11.8 Å². The van der Waals surface area contributed by atoms with Gasteiger partial charge in [0.25, 0.3) is 0 Å². The lowest BCUT2D eigenvalue weighted by atomic mass is 9.90. The average molecular weight is 294 g/mol. The third kappa shape index (κ3) is 2.62. The number of benzene rings is 1. The summed E-state index contributed by atoms with van der Waals surface area (Å²) < 4.78 is 25.9. The lowest BCUT2D eigenvalue weighted by Gasteiger charge is -2.25. The number of nitrogens with zero attached hydrogens (tertiary/aromatic N) is 1. The SMILES string of the molecule is CS(=O)(=O)N1C[C@@H](c2ccccc2)[C@@H]2NCCCC[C@@H]21. The van der Waals surface area contributed by atoms with E-state index in [1.54, 1.807) is 4.31 Å². The fourth-order valence-electron chi connectivity index (χ4n) is 3.63. The molecule has 3 atom stereocenters. The Morgan fingerprint density at radius 2 is 1.95 bits per heavy atom. The van der Waals surface area contributed by atoms with Crippen LogP contribution in [0.3, 0.4) is 0 Å². The molecular formula is C15H22N2O2S. The van der Waals surface area contributed by atoms with E-state index in [2.05, 4.69) is 17.4 Å². The smallest absolute Gasteiger partial charge is 0.211 e. The van der Waals surface area contributed by atoms with Gasteiger partial charge in [-0.1, -0.05) is 36.8 Å². The molecule has 2 fully saturated rings. The second-order valence-electron chi connectivity index (χ2n) is 5.89. The van der Waals surface area contributed by atoms with Gasteiger partial charge in [0, 0.05) is 24.5 Å². The number of hydrogen-bond donors (Lipinski definition) is 1. The Kier molecular flexibility index (Phi) is 3.84. The summed E-state index contributed by atoms with van der Waals surface area (Å²) in [4.78, 5) is 0. The van der Waals surface area contributed by atoms with Crippen molar-refractivity contribution in [3.8, 4) is 0 Å². The number of hydrogen-bond acceptors (Lipinski definition) is 3. The Morgan fingerprint density at radius 3 is 2.65 bits per heavy atom. The third-order valence-electron chi connectivity index (χ3n) is 4.55. The van der Waals surface area contributed by atoms with Gasteiger partial charge in [0.1, 0.15) is 0 Å². The fraction of sp³-hybridized carbons (Fsp3) is 0.600. The fourth-order valence-corrected chi connectivity index (χ4v) is 4.79. The van der Waals surface area contributed by atoms with Gasteiger partial charge in [0.05, 0.1) is 6.26 Å². The molecule has 2 heterocycles. The molecule has 20 heavy (non-hydrogen) atoms. The summed E-state index contributed by atoms with van der Waals surface area (Å²) in [5.74, 6) is 0.258. The number of sulfonamides is 1. The molecule has 1 aromatic carbocycles. The Bertz CT molecular complexity index is 558. The Morgan fingerprint density at radius 1 is 1.20 bits per heavy atom. The highest BCUT2D eigenvalue weighted by atomic mass is 32.2. The monoisotopic (exact) mass is 294 g/mol. The van der Waals surface area contributed by atoms with Crippen LogP contribution in [0.1, 0.15) is 30.7 Å². The van der Waals surface area contributed by atoms with Crippen molar-refractivity contribution in [2.24, 2.45) is 0 Å². The van der Waals surface area contributed by atoms with E-state index in [9.17, 15) is 8.42 Å². The van der Waals surface area contributed by atoms with E-state index >= 15 is 0 Å². The van der Waals surface area contributed by atoms with Gasteiger partial charge in [0.15, 0.2) is 0 Å². The maximum atomic E-state index is 12.1. The van der Waals surface area contributed by atoms with Crippen molar-refractivity contribution in [1.29, 1.82) is 0 Å². The molecule has 2 saturated heterocycles. The Labute approximate surface area is 121 Å². The summed E-state index contributed by atoms with van der Waals surface area (Å²) in [6.45, 7) is 1.59. The molecule has 0 bridgehead atoms. The first-order chi connectivity index (χ1) is 9.57. The molecule has 0 radical (unpaired) electrons. The van der Waals surface area contributed by atoms with Crippen LogP contribution >= 0.6 is 0 Å². The maximum Gasteiger partial charge on any atom is 0.211 e. The van der Waals surface area contributed by atoms with Crippen LogP contribution < -0.4 is 5.32 Å². The van der Waals surface area contributed by atoms with Crippen molar-refractivity contribution >= 4 is 10.0 Å². The normalized spacial score (nSPS) is 31.8. The topological polar surface area (TPSA) is 49.4 Å². The van der Waals surface area contributed by atoms with Crippen molar-refractivity contribution in [2.45, 2.75) is 37.3 Å². The zero-order chi connectivity index (χ0) is 14.2. The Balaban J connectivity index is 1.95. The molecule has 1 aromatic rings.